The minimum atomic E-state index is 0.0859. The predicted molar refractivity (Wildman–Crippen MR) is 98.8 cm³/mol. The summed E-state index contributed by atoms with van der Waals surface area (Å²) in [7, 11) is 1.51. The number of benzene rings is 2. The predicted octanol–water partition coefficient (Wildman–Crippen LogP) is 2.83. The fourth-order valence-electron chi connectivity index (χ4n) is 2.71. The van der Waals surface area contributed by atoms with Gasteiger partial charge in [0.15, 0.2) is 23.0 Å². The maximum atomic E-state index is 9.72. The second kappa shape index (κ2) is 6.32. The van der Waals surface area contributed by atoms with Crippen molar-refractivity contribution in [1.82, 2.24) is 19.8 Å². The number of hydrogen-bond acceptors (Lipinski definition) is 7. The molecule has 0 saturated carbocycles. The van der Waals surface area contributed by atoms with Gasteiger partial charge in [-0.25, -0.2) is 0 Å². The molecule has 2 heterocycles. The van der Waals surface area contributed by atoms with Gasteiger partial charge >= 0.3 is 0 Å². The van der Waals surface area contributed by atoms with Crippen LogP contribution in [0.25, 0.3) is 16.4 Å². The highest BCUT2D eigenvalue weighted by molar-refractivity contribution is 6.02. The van der Waals surface area contributed by atoms with Crippen molar-refractivity contribution in [2.75, 3.05) is 12.5 Å². The third-order valence-corrected chi connectivity index (χ3v) is 4.09. The molecule has 0 bridgehead atoms. The lowest BCUT2D eigenvalue weighted by Crippen LogP contribution is -2.04. The summed E-state index contributed by atoms with van der Waals surface area (Å²) < 4.78 is 6.75. The molecular formula is C18H16N6O2. The van der Waals surface area contributed by atoms with E-state index in [9.17, 15) is 5.11 Å². The summed E-state index contributed by atoms with van der Waals surface area (Å²) in [6.07, 6.45) is 1.55. The number of nitrogens with one attached hydrogen (secondary N) is 1. The number of aromatic nitrogens is 4. The summed E-state index contributed by atoms with van der Waals surface area (Å²) in [5.74, 6) is 1.08. The molecule has 2 aromatic heterocycles. The number of fused-ring (bicyclic) bond motifs is 3. The van der Waals surface area contributed by atoms with Gasteiger partial charge in [-0.1, -0.05) is 24.3 Å². The van der Waals surface area contributed by atoms with Crippen LogP contribution in [0.4, 0.5) is 5.82 Å². The van der Waals surface area contributed by atoms with Gasteiger partial charge in [-0.15, -0.1) is 15.3 Å². The minimum Gasteiger partial charge on any atom is -0.504 e. The van der Waals surface area contributed by atoms with Crippen LogP contribution in [0.3, 0.4) is 0 Å². The lowest BCUT2D eigenvalue weighted by Gasteiger charge is -2.09. The first-order valence-electron chi connectivity index (χ1n) is 7.94. The average molecular weight is 348 g/mol. The largest absolute Gasteiger partial charge is 0.504 e. The summed E-state index contributed by atoms with van der Waals surface area (Å²) in [4.78, 5) is 0. The van der Waals surface area contributed by atoms with Crippen LogP contribution in [0.2, 0.25) is 0 Å². The third-order valence-electron chi connectivity index (χ3n) is 4.09. The molecule has 0 atom stereocenters. The van der Waals surface area contributed by atoms with Crippen LogP contribution >= 0.6 is 0 Å². The van der Waals surface area contributed by atoms with E-state index in [2.05, 4.69) is 25.8 Å². The van der Waals surface area contributed by atoms with Gasteiger partial charge in [-0.05, 0) is 25.1 Å². The first-order chi connectivity index (χ1) is 12.7. The van der Waals surface area contributed by atoms with Crippen LogP contribution in [-0.2, 0) is 0 Å². The van der Waals surface area contributed by atoms with Crippen LogP contribution in [0.15, 0.2) is 53.9 Å². The molecule has 0 aliphatic rings. The maximum absolute atomic E-state index is 9.72. The second-order valence-corrected chi connectivity index (χ2v) is 5.69. The molecule has 0 unspecified atom stereocenters. The van der Waals surface area contributed by atoms with Crippen molar-refractivity contribution in [2.24, 2.45) is 5.10 Å². The van der Waals surface area contributed by atoms with Crippen molar-refractivity contribution in [3.05, 3.63) is 54.4 Å². The molecule has 26 heavy (non-hydrogen) atoms. The molecule has 2 N–H and O–H groups in total. The van der Waals surface area contributed by atoms with Crippen LogP contribution in [-0.4, -0.2) is 37.7 Å². The number of phenols is 1. The molecule has 0 aliphatic carbocycles. The number of phenolic OH excluding ortho intramolecular Hbond substituents is 1. The summed E-state index contributed by atoms with van der Waals surface area (Å²) >= 11 is 0. The highest BCUT2D eigenvalue weighted by Gasteiger charge is 2.10. The highest BCUT2D eigenvalue weighted by Crippen LogP contribution is 2.27. The van der Waals surface area contributed by atoms with E-state index in [1.165, 1.54) is 7.11 Å². The third kappa shape index (κ3) is 2.67. The zero-order valence-corrected chi connectivity index (χ0v) is 14.2. The van der Waals surface area contributed by atoms with Crippen molar-refractivity contribution >= 4 is 27.9 Å². The number of hydrazone groups is 1. The molecule has 0 radical (unpaired) electrons. The minimum absolute atomic E-state index is 0.0859. The molecule has 8 nitrogen and oxygen atoms in total. The number of hydrogen-bond donors (Lipinski definition) is 2. The number of rotatable bonds is 4. The monoisotopic (exact) mass is 348 g/mol. The van der Waals surface area contributed by atoms with E-state index in [-0.39, 0.29) is 5.75 Å². The van der Waals surface area contributed by atoms with E-state index in [4.69, 9.17) is 4.74 Å². The van der Waals surface area contributed by atoms with Gasteiger partial charge in [0.05, 0.1) is 12.8 Å². The fraction of sp³-hybridized carbons (Fsp3) is 0.111. The average Bonchev–Trinajstić information content (AvgIpc) is 3.15. The molecule has 8 heteroatoms. The lowest BCUT2D eigenvalue weighted by atomic mass is 10.1. The standard InChI is InChI=1S/C18H16N6O2/c1-11(12-7-8-15(25)16(9-12)26-2)20-21-17-13-5-3-4-6-14(13)18-22-19-10-24(18)23-17/h3-10,25H,1-2H3,(H,21,23). The Morgan fingerprint density at radius 3 is 2.81 bits per heavy atom. The number of nitrogens with zero attached hydrogens (tertiary/aromatic N) is 5. The van der Waals surface area contributed by atoms with Gasteiger partial charge in [0.1, 0.15) is 6.33 Å². The number of anilines is 1. The molecule has 0 saturated heterocycles. The molecule has 4 rings (SSSR count). The second-order valence-electron chi connectivity index (χ2n) is 5.69. The van der Waals surface area contributed by atoms with Crippen LogP contribution in [0.1, 0.15) is 12.5 Å². The molecular weight excluding hydrogens is 332 g/mol. The van der Waals surface area contributed by atoms with E-state index >= 15 is 0 Å². The van der Waals surface area contributed by atoms with Crippen molar-refractivity contribution in [3.63, 3.8) is 0 Å². The zero-order valence-electron chi connectivity index (χ0n) is 14.2. The Morgan fingerprint density at radius 1 is 1.19 bits per heavy atom. The summed E-state index contributed by atoms with van der Waals surface area (Å²) in [6, 6.07) is 12.9. The van der Waals surface area contributed by atoms with Gasteiger partial charge in [0.2, 0.25) is 0 Å². The van der Waals surface area contributed by atoms with E-state index in [0.717, 1.165) is 22.0 Å². The Balaban J connectivity index is 1.73. The molecule has 0 spiro atoms. The quantitative estimate of drug-likeness (QED) is 0.435. The summed E-state index contributed by atoms with van der Waals surface area (Å²) in [6.45, 7) is 1.86. The SMILES string of the molecule is COc1cc(C(C)=NNc2nn3cnnc3c3ccccc23)ccc1O. The van der Waals surface area contributed by atoms with Crippen molar-refractivity contribution in [1.29, 1.82) is 0 Å². The summed E-state index contributed by atoms with van der Waals surface area (Å²) in [5, 5.41) is 28.5. The Bertz CT molecular complexity index is 1140. The number of ether oxygens (including phenoxy) is 1. The topological polar surface area (TPSA) is 96.9 Å². The number of aromatic hydroxyl groups is 1. The van der Waals surface area contributed by atoms with E-state index in [1.807, 2.05) is 31.2 Å². The van der Waals surface area contributed by atoms with Crippen molar-refractivity contribution in [2.45, 2.75) is 6.92 Å². The van der Waals surface area contributed by atoms with Gasteiger partial charge in [0.25, 0.3) is 0 Å². The normalized spacial score (nSPS) is 11.8. The zero-order chi connectivity index (χ0) is 18.1. The smallest absolute Gasteiger partial charge is 0.185 e. The molecule has 130 valence electrons. The first-order valence-corrected chi connectivity index (χ1v) is 7.94. The van der Waals surface area contributed by atoms with Crippen LogP contribution in [0.5, 0.6) is 11.5 Å². The van der Waals surface area contributed by atoms with Crippen LogP contribution < -0.4 is 10.2 Å². The molecule has 0 fully saturated rings. The summed E-state index contributed by atoms with van der Waals surface area (Å²) in [5.41, 5.74) is 5.25. The Labute approximate surface area is 148 Å². The lowest BCUT2D eigenvalue weighted by molar-refractivity contribution is 0.373. The van der Waals surface area contributed by atoms with Crippen molar-refractivity contribution in [3.8, 4) is 11.5 Å². The van der Waals surface area contributed by atoms with E-state index in [0.29, 0.717) is 17.2 Å². The Kier molecular flexibility index (Phi) is 3.85. The van der Waals surface area contributed by atoms with Crippen LogP contribution in [0, 0.1) is 0 Å². The Hall–Kier alpha value is -3.68. The number of methoxy groups -OCH3 is 1. The molecule has 0 aliphatic heterocycles. The van der Waals surface area contributed by atoms with E-state index < -0.39 is 0 Å². The van der Waals surface area contributed by atoms with E-state index in [1.54, 1.807) is 29.0 Å². The molecule has 0 amide bonds. The van der Waals surface area contributed by atoms with Gasteiger partial charge in [-0.2, -0.15) is 9.62 Å². The highest BCUT2D eigenvalue weighted by atomic mass is 16.5. The maximum Gasteiger partial charge on any atom is 0.185 e. The molecule has 2 aromatic carbocycles. The first kappa shape index (κ1) is 15.8. The Morgan fingerprint density at radius 2 is 2.00 bits per heavy atom. The van der Waals surface area contributed by atoms with Gasteiger partial charge in [-0.3, -0.25) is 5.43 Å². The van der Waals surface area contributed by atoms with Gasteiger partial charge in [0, 0.05) is 16.3 Å². The molecule has 4 aromatic rings. The van der Waals surface area contributed by atoms with Gasteiger partial charge < -0.3 is 9.84 Å². The van der Waals surface area contributed by atoms with Crippen molar-refractivity contribution < 1.29 is 9.84 Å². The fourth-order valence-corrected chi connectivity index (χ4v) is 2.71.